The average molecular weight is 539 g/mol. The first-order chi connectivity index (χ1) is 18.9. The van der Waals surface area contributed by atoms with Crippen LogP contribution < -0.4 is 5.32 Å². The van der Waals surface area contributed by atoms with Gasteiger partial charge in [0.2, 0.25) is 0 Å². The fourth-order valence-electron chi connectivity index (χ4n) is 4.92. The quantitative estimate of drug-likeness (QED) is 0.309. The van der Waals surface area contributed by atoms with Gasteiger partial charge in [0, 0.05) is 10.9 Å². The number of carbonyl (C=O) groups is 4. The Balaban J connectivity index is 1.17. The van der Waals surface area contributed by atoms with Crippen molar-refractivity contribution < 1.29 is 28.8 Å². The molecule has 3 amide bonds. The summed E-state index contributed by atoms with van der Waals surface area (Å²) in [5.41, 5.74) is 4.43. The summed E-state index contributed by atoms with van der Waals surface area (Å²) in [6.07, 6.45) is -0.811. The summed E-state index contributed by atoms with van der Waals surface area (Å²) in [7, 11) is 0. The number of amides is 3. The molecule has 0 atom stereocenters. The smallest absolute Gasteiger partial charge is 0.411 e. The predicted molar refractivity (Wildman–Crippen MR) is 143 cm³/mol. The van der Waals surface area contributed by atoms with Crippen LogP contribution in [0, 0.1) is 0 Å². The summed E-state index contributed by atoms with van der Waals surface area (Å²) in [6, 6.07) is 26.1. The largest absolute Gasteiger partial charge is 0.448 e. The molecule has 0 unspecified atom stereocenters. The average Bonchev–Trinajstić information content (AvgIpc) is 3.39. The molecule has 192 valence electrons. The lowest BCUT2D eigenvalue weighted by atomic mass is 9.98. The number of fused-ring (bicyclic) bond motifs is 4. The molecule has 0 bridgehead atoms. The highest BCUT2D eigenvalue weighted by atomic mass is 35.5. The molecule has 1 aliphatic carbocycles. The van der Waals surface area contributed by atoms with Crippen LogP contribution >= 0.6 is 11.6 Å². The molecule has 4 aromatic rings. The number of ether oxygens (including phenoxy) is 1. The molecule has 9 heteroatoms. The van der Waals surface area contributed by atoms with Crippen LogP contribution in [0.2, 0.25) is 5.02 Å². The standard InChI is InChI=1S/C30H19ClN2O6/c31-17-13-14-24(29(36)39-33-27(34)22-11-5-6-12-23(22)28(33)35)26(15-17)32-30(37)38-16-25-20-9-3-1-7-18(20)19-8-2-4-10-21(19)25/h1-15,25H,16H2,(H,32,37). The molecule has 0 radical (unpaired) electrons. The van der Waals surface area contributed by atoms with Crippen molar-refractivity contribution in [1.29, 1.82) is 0 Å². The van der Waals surface area contributed by atoms with Crippen LogP contribution in [0.3, 0.4) is 0 Å². The fraction of sp³-hybridized carbons (Fsp3) is 0.0667. The summed E-state index contributed by atoms with van der Waals surface area (Å²) in [4.78, 5) is 56.2. The first-order valence-electron chi connectivity index (χ1n) is 12.0. The SMILES string of the molecule is O=C(Nc1cc(Cl)ccc1C(=O)ON1C(=O)c2ccccc2C1=O)OCC1c2ccccc2-c2ccccc21. The Morgan fingerprint density at radius 2 is 1.31 bits per heavy atom. The molecular weight excluding hydrogens is 520 g/mol. The van der Waals surface area contributed by atoms with Gasteiger partial charge in [0.1, 0.15) is 6.61 Å². The van der Waals surface area contributed by atoms with E-state index in [9.17, 15) is 19.2 Å². The zero-order valence-corrected chi connectivity index (χ0v) is 21.0. The molecule has 8 nitrogen and oxygen atoms in total. The minimum absolute atomic E-state index is 0.00123. The van der Waals surface area contributed by atoms with E-state index in [1.807, 2.05) is 48.5 Å². The van der Waals surface area contributed by atoms with Gasteiger partial charge in [0.05, 0.1) is 22.4 Å². The van der Waals surface area contributed by atoms with Crippen molar-refractivity contribution in [3.63, 3.8) is 0 Å². The van der Waals surface area contributed by atoms with E-state index in [0.29, 0.717) is 5.06 Å². The molecule has 1 aliphatic heterocycles. The Morgan fingerprint density at radius 3 is 1.90 bits per heavy atom. The maximum Gasteiger partial charge on any atom is 0.411 e. The van der Waals surface area contributed by atoms with Gasteiger partial charge in [-0.1, -0.05) is 77.3 Å². The first kappa shape index (κ1) is 24.4. The Morgan fingerprint density at radius 1 is 0.769 bits per heavy atom. The molecule has 1 N–H and O–H groups in total. The van der Waals surface area contributed by atoms with Crippen molar-refractivity contribution in [3.8, 4) is 11.1 Å². The number of benzene rings is 4. The van der Waals surface area contributed by atoms with Crippen LogP contribution in [-0.2, 0) is 9.57 Å². The lowest BCUT2D eigenvalue weighted by molar-refractivity contribution is -0.0583. The van der Waals surface area contributed by atoms with E-state index in [2.05, 4.69) is 5.32 Å². The van der Waals surface area contributed by atoms with E-state index in [1.165, 1.54) is 30.3 Å². The molecule has 0 aromatic heterocycles. The minimum atomic E-state index is -1.03. The van der Waals surface area contributed by atoms with E-state index in [-0.39, 0.29) is 39.9 Å². The van der Waals surface area contributed by atoms with Crippen molar-refractivity contribution in [1.82, 2.24) is 5.06 Å². The highest BCUT2D eigenvalue weighted by Crippen LogP contribution is 2.44. The maximum absolute atomic E-state index is 13.0. The topological polar surface area (TPSA) is 102 Å². The fourth-order valence-corrected chi connectivity index (χ4v) is 5.10. The van der Waals surface area contributed by atoms with Crippen LogP contribution in [0.15, 0.2) is 91.0 Å². The Kier molecular flexibility index (Phi) is 6.09. The third kappa shape index (κ3) is 4.30. The number of hydrogen-bond acceptors (Lipinski definition) is 6. The van der Waals surface area contributed by atoms with Gasteiger partial charge in [-0.3, -0.25) is 14.9 Å². The summed E-state index contributed by atoms with van der Waals surface area (Å²) in [5, 5.41) is 3.17. The molecule has 4 aromatic carbocycles. The molecular formula is C30H19ClN2O6. The van der Waals surface area contributed by atoms with Crippen LogP contribution in [0.25, 0.3) is 11.1 Å². The van der Waals surface area contributed by atoms with E-state index in [1.54, 1.807) is 12.1 Å². The second-order valence-corrected chi connectivity index (χ2v) is 9.41. The number of anilines is 1. The van der Waals surface area contributed by atoms with Crippen LogP contribution in [0.5, 0.6) is 0 Å². The van der Waals surface area contributed by atoms with E-state index in [4.69, 9.17) is 21.2 Å². The zero-order chi connectivity index (χ0) is 27.1. The summed E-state index contributed by atoms with van der Waals surface area (Å²) in [5.74, 6) is -2.70. The molecule has 0 saturated carbocycles. The highest BCUT2D eigenvalue weighted by molar-refractivity contribution is 6.31. The molecule has 0 saturated heterocycles. The monoisotopic (exact) mass is 538 g/mol. The van der Waals surface area contributed by atoms with E-state index < -0.39 is 23.9 Å². The van der Waals surface area contributed by atoms with Gasteiger partial charge in [-0.2, -0.15) is 0 Å². The number of hydroxylamine groups is 2. The molecule has 6 rings (SSSR count). The summed E-state index contributed by atoms with van der Waals surface area (Å²) in [6.45, 7) is 0.0647. The van der Waals surface area contributed by atoms with Crippen molar-refractivity contribution in [3.05, 3.63) is 124 Å². The number of rotatable bonds is 5. The predicted octanol–water partition coefficient (Wildman–Crippen LogP) is 6.07. The lowest BCUT2D eigenvalue weighted by Crippen LogP contribution is -2.33. The molecule has 0 fully saturated rings. The molecule has 2 aliphatic rings. The van der Waals surface area contributed by atoms with Crippen molar-refractivity contribution in [2.24, 2.45) is 0 Å². The van der Waals surface area contributed by atoms with Gasteiger partial charge in [0.15, 0.2) is 0 Å². The van der Waals surface area contributed by atoms with Crippen LogP contribution in [-0.4, -0.2) is 35.5 Å². The minimum Gasteiger partial charge on any atom is -0.448 e. The molecule has 0 spiro atoms. The van der Waals surface area contributed by atoms with Crippen LogP contribution in [0.1, 0.15) is 48.1 Å². The number of hydrogen-bond donors (Lipinski definition) is 1. The number of carbonyl (C=O) groups excluding carboxylic acids is 4. The maximum atomic E-state index is 13.0. The number of imide groups is 1. The van der Waals surface area contributed by atoms with Gasteiger partial charge < -0.3 is 9.57 Å². The van der Waals surface area contributed by atoms with E-state index in [0.717, 1.165) is 22.3 Å². The normalized spacial score (nSPS) is 13.5. The van der Waals surface area contributed by atoms with Gasteiger partial charge in [-0.05, 0) is 52.6 Å². The molecule has 39 heavy (non-hydrogen) atoms. The number of halogens is 1. The summed E-state index contributed by atoms with van der Waals surface area (Å²) >= 11 is 6.11. The highest BCUT2D eigenvalue weighted by Gasteiger charge is 2.39. The Hall–Kier alpha value is -4.95. The van der Waals surface area contributed by atoms with Crippen molar-refractivity contribution in [2.75, 3.05) is 11.9 Å². The van der Waals surface area contributed by atoms with E-state index >= 15 is 0 Å². The lowest BCUT2D eigenvalue weighted by Gasteiger charge is -2.17. The summed E-state index contributed by atoms with van der Waals surface area (Å²) < 4.78 is 5.56. The van der Waals surface area contributed by atoms with Crippen molar-refractivity contribution >= 4 is 41.2 Å². The van der Waals surface area contributed by atoms with Gasteiger partial charge in [-0.15, -0.1) is 0 Å². The Labute approximate surface area is 227 Å². The second-order valence-electron chi connectivity index (χ2n) is 8.97. The second kappa shape index (κ2) is 9.74. The third-order valence-electron chi connectivity index (χ3n) is 6.71. The number of nitrogens with zero attached hydrogens (tertiary/aromatic N) is 1. The zero-order valence-electron chi connectivity index (χ0n) is 20.2. The first-order valence-corrected chi connectivity index (χ1v) is 12.4. The third-order valence-corrected chi connectivity index (χ3v) is 6.95. The van der Waals surface area contributed by atoms with Gasteiger partial charge in [-0.25, -0.2) is 9.59 Å². The van der Waals surface area contributed by atoms with Gasteiger partial charge >= 0.3 is 12.1 Å². The number of nitrogens with one attached hydrogen (secondary N) is 1. The van der Waals surface area contributed by atoms with Crippen molar-refractivity contribution in [2.45, 2.75) is 5.92 Å². The van der Waals surface area contributed by atoms with Crippen LogP contribution in [0.4, 0.5) is 10.5 Å². The van der Waals surface area contributed by atoms with Gasteiger partial charge in [0.25, 0.3) is 11.8 Å². The Bertz CT molecular complexity index is 1600. The molecule has 1 heterocycles.